The standard InChI is InChI=1S/C21H27N3S/c1-8-19(14-23-17(5)24(6)7)21(25-15(2)3)16(4)20-11-9-18(13-22)10-12-20/h8-12,14,17H,2H2,1,3-7H3/b19-8+,21-16+,23-14-. The van der Waals surface area contributed by atoms with E-state index in [0.717, 1.165) is 26.5 Å². The minimum absolute atomic E-state index is 0.112. The molecule has 0 saturated carbocycles. The molecule has 0 aliphatic heterocycles. The van der Waals surface area contributed by atoms with Crippen molar-refractivity contribution in [2.24, 2.45) is 4.99 Å². The molecule has 1 aromatic rings. The molecule has 0 fully saturated rings. The number of allylic oxidation sites excluding steroid dienone is 4. The van der Waals surface area contributed by atoms with Gasteiger partial charge in [0.25, 0.3) is 0 Å². The van der Waals surface area contributed by atoms with Crippen LogP contribution in [0.3, 0.4) is 0 Å². The SMILES string of the molecule is C=C(C)SC(/C(/C=N\C(C)N(C)C)=C/C)=C(\C)c1ccc(C#N)cc1. The summed E-state index contributed by atoms with van der Waals surface area (Å²) < 4.78 is 0. The molecular formula is C21H27N3S. The van der Waals surface area contributed by atoms with Crippen molar-refractivity contribution in [1.29, 1.82) is 5.26 Å². The van der Waals surface area contributed by atoms with Crippen molar-refractivity contribution in [3.05, 3.63) is 63.4 Å². The van der Waals surface area contributed by atoms with E-state index in [0.29, 0.717) is 5.56 Å². The fraction of sp³-hybridized carbons (Fsp3) is 0.333. The van der Waals surface area contributed by atoms with Crippen molar-refractivity contribution >= 4 is 23.5 Å². The van der Waals surface area contributed by atoms with E-state index in [1.807, 2.05) is 58.4 Å². The molecule has 1 aromatic carbocycles. The van der Waals surface area contributed by atoms with Crippen LogP contribution in [0.25, 0.3) is 5.57 Å². The minimum atomic E-state index is 0.112. The lowest BCUT2D eigenvalue weighted by molar-refractivity contribution is 0.325. The van der Waals surface area contributed by atoms with Crippen molar-refractivity contribution in [2.75, 3.05) is 14.1 Å². The van der Waals surface area contributed by atoms with Crippen LogP contribution in [0.15, 0.2) is 57.3 Å². The van der Waals surface area contributed by atoms with E-state index in [1.54, 1.807) is 11.8 Å². The zero-order valence-corrected chi connectivity index (χ0v) is 16.8. The van der Waals surface area contributed by atoms with Crippen molar-refractivity contribution < 1.29 is 0 Å². The topological polar surface area (TPSA) is 39.4 Å². The summed E-state index contributed by atoms with van der Waals surface area (Å²) in [5, 5.41) is 8.98. The van der Waals surface area contributed by atoms with Crippen LogP contribution in [0.5, 0.6) is 0 Å². The number of nitrogens with zero attached hydrogens (tertiary/aromatic N) is 3. The molecule has 25 heavy (non-hydrogen) atoms. The highest BCUT2D eigenvalue weighted by atomic mass is 32.2. The Bertz CT molecular complexity index is 731. The van der Waals surface area contributed by atoms with Crippen LogP contribution in [0.4, 0.5) is 0 Å². The predicted octanol–water partition coefficient (Wildman–Crippen LogP) is 5.48. The van der Waals surface area contributed by atoms with E-state index >= 15 is 0 Å². The summed E-state index contributed by atoms with van der Waals surface area (Å²) in [5.41, 5.74) is 3.98. The van der Waals surface area contributed by atoms with Gasteiger partial charge in [0.1, 0.15) is 0 Å². The van der Waals surface area contributed by atoms with Crippen LogP contribution in [0.2, 0.25) is 0 Å². The Kier molecular flexibility index (Phi) is 8.40. The first-order valence-electron chi connectivity index (χ1n) is 8.21. The first-order chi connectivity index (χ1) is 11.8. The molecule has 0 aliphatic rings. The molecule has 0 N–H and O–H groups in total. The Balaban J connectivity index is 3.33. The quantitative estimate of drug-likeness (QED) is 0.481. The first kappa shape index (κ1) is 21.0. The molecule has 1 atom stereocenters. The Hall–Kier alpha value is -2.09. The maximum atomic E-state index is 8.98. The highest BCUT2D eigenvalue weighted by molar-refractivity contribution is 8.07. The number of rotatable bonds is 7. The number of nitriles is 1. The molecular weight excluding hydrogens is 326 g/mol. The average Bonchev–Trinajstić information content (AvgIpc) is 2.60. The number of hydrogen-bond acceptors (Lipinski definition) is 4. The maximum absolute atomic E-state index is 8.98. The van der Waals surface area contributed by atoms with Gasteiger partial charge < -0.3 is 0 Å². The van der Waals surface area contributed by atoms with Gasteiger partial charge in [-0.1, -0.05) is 36.5 Å². The van der Waals surface area contributed by atoms with E-state index in [9.17, 15) is 0 Å². The first-order valence-corrected chi connectivity index (χ1v) is 9.02. The van der Waals surface area contributed by atoms with Crippen molar-refractivity contribution in [1.82, 2.24) is 4.90 Å². The summed E-state index contributed by atoms with van der Waals surface area (Å²) in [6.07, 6.45) is 4.12. The smallest absolute Gasteiger partial charge is 0.0991 e. The van der Waals surface area contributed by atoms with Crippen molar-refractivity contribution in [3.63, 3.8) is 0 Å². The molecule has 4 heteroatoms. The fourth-order valence-electron chi connectivity index (χ4n) is 2.04. The normalized spacial score (nSPS) is 14.4. The molecule has 0 bridgehead atoms. The van der Waals surface area contributed by atoms with Gasteiger partial charge in [0.05, 0.1) is 17.8 Å². The van der Waals surface area contributed by atoms with Gasteiger partial charge in [-0.05, 0) is 70.0 Å². The van der Waals surface area contributed by atoms with Crippen molar-refractivity contribution in [2.45, 2.75) is 33.9 Å². The Labute approximate surface area is 156 Å². The van der Waals surface area contributed by atoms with E-state index in [4.69, 9.17) is 5.26 Å². The third kappa shape index (κ3) is 6.38. The highest BCUT2D eigenvalue weighted by Gasteiger charge is 2.11. The van der Waals surface area contributed by atoms with E-state index < -0.39 is 0 Å². The largest absolute Gasteiger partial charge is 0.288 e. The number of benzene rings is 1. The fourth-order valence-corrected chi connectivity index (χ4v) is 2.95. The second-order valence-electron chi connectivity index (χ2n) is 6.07. The van der Waals surface area contributed by atoms with Gasteiger partial charge in [0.15, 0.2) is 0 Å². The van der Waals surface area contributed by atoms with Gasteiger partial charge >= 0.3 is 0 Å². The second kappa shape index (κ2) is 10.0. The molecule has 0 saturated heterocycles. The van der Waals surface area contributed by atoms with Crippen LogP contribution < -0.4 is 0 Å². The van der Waals surface area contributed by atoms with Gasteiger partial charge in [-0.2, -0.15) is 5.26 Å². The lowest BCUT2D eigenvalue weighted by Crippen LogP contribution is -2.22. The lowest BCUT2D eigenvalue weighted by atomic mass is 10.0. The van der Waals surface area contributed by atoms with Crippen LogP contribution in [0.1, 0.15) is 38.8 Å². The average molecular weight is 354 g/mol. The van der Waals surface area contributed by atoms with Gasteiger partial charge in [-0.15, -0.1) is 0 Å². The van der Waals surface area contributed by atoms with Gasteiger partial charge in [-0.25, -0.2) is 0 Å². The minimum Gasteiger partial charge on any atom is -0.288 e. The summed E-state index contributed by atoms with van der Waals surface area (Å²) >= 11 is 1.65. The maximum Gasteiger partial charge on any atom is 0.0991 e. The Morgan fingerprint density at radius 2 is 1.88 bits per heavy atom. The molecule has 1 rings (SSSR count). The molecule has 0 aromatic heterocycles. The molecule has 132 valence electrons. The zero-order chi connectivity index (χ0) is 19.0. The van der Waals surface area contributed by atoms with Gasteiger partial charge in [0.2, 0.25) is 0 Å². The molecule has 0 radical (unpaired) electrons. The van der Waals surface area contributed by atoms with Gasteiger partial charge in [0, 0.05) is 16.7 Å². The van der Waals surface area contributed by atoms with Crippen LogP contribution in [-0.4, -0.2) is 31.4 Å². The molecule has 1 unspecified atom stereocenters. The number of thioether (sulfide) groups is 1. The zero-order valence-electron chi connectivity index (χ0n) is 16.0. The summed E-state index contributed by atoms with van der Waals surface area (Å²) in [7, 11) is 4.03. The summed E-state index contributed by atoms with van der Waals surface area (Å²) in [6.45, 7) is 12.2. The summed E-state index contributed by atoms with van der Waals surface area (Å²) in [5.74, 6) is 0. The highest BCUT2D eigenvalue weighted by Crippen LogP contribution is 2.35. The third-order valence-electron chi connectivity index (χ3n) is 3.81. The van der Waals surface area contributed by atoms with E-state index in [1.165, 1.54) is 0 Å². The van der Waals surface area contributed by atoms with Crippen LogP contribution >= 0.6 is 11.8 Å². The molecule has 3 nitrogen and oxygen atoms in total. The molecule has 0 spiro atoms. The summed E-state index contributed by atoms with van der Waals surface area (Å²) in [6, 6.07) is 9.82. The molecule has 0 amide bonds. The van der Waals surface area contributed by atoms with Gasteiger partial charge in [-0.3, -0.25) is 9.89 Å². The summed E-state index contributed by atoms with van der Waals surface area (Å²) in [4.78, 5) is 8.86. The number of hydrogen-bond donors (Lipinski definition) is 0. The van der Waals surface area contributed by atoms with Crippen LogP contribution in [-0.2, 0) is 0 Å². The van der Waals surface area contributed by atoms with E-state index in [-0.39, 0.29) is 6.17 Å². The van der Waals surface area contributed by atoms with E-state index in [2.05, 4.69) is 42.5 Å². The lowest BCUT2D eigenvalue weighted by Gasteiger charge is -2.17. The predicted molar refractivity (Wildman–Crippen MR) is 112 cm³/mol. The second-order valence-corrected chi connectivity index (χ2v) is 7.37. The third-order valence-corrected chi connectivity index (χ3v) is 4.91. The monoisotopic (exact) mass is 353 g/mol. The number of aliphatic imine (C=N–C) groups is 1. The molecule has 0 aliphatic carbocycles. The molecule has 0 heterocycles. The Morgan fingerprint density at radius 3 is 2.32 bits per heavy atom. The Morgan fingerprint density at radius 1 is 1.28 bits per heavy atom. The van der Waals surface area contributed by atoms with Crippen LogP contribution in [0, 0.1) is 11.3 Å². The van der Waals surface area contributed by atoms with Crippen molar-refractivity contribution in [3.8, 4) is 6.07 Å².